The van der Waals surface area contributed by atoms with Gasteiger partial charge < -0.3 is 5.32 Å². The molecule has 3 rings (SSSR count). The first-order valence-electron chi connectivity index (χ1n) is 7.12. The molecule has 0 spiro atoms. The van der Waals surface area contributed by atoms with Crippen molar-refractivity contribution in [2.75, 3.05) is 5.32 Å². The average Bonchev–Trinajstić information content (AvgIpc) is 2.58. The first-order chi connectivity index (χ1) is 10.7. The Labute approximate surface area is 129 Å². The zero-order valence-corrected chi connectivity index (χ0v) is 12.3. The molecule has 1 heterocycles. The van der Waals surface area contributed by atoms with Crippen LogP contribution in [0.2, 0.25) is 0 Å². The van der Waals surface area contributed by atoms with E-state index in [9.17, 15) is 4.79 Å². The summed E-state index contributed by atoms with van der Waals surface area (Å²) in [5.74, 6) is -0.134. The van der Waals surface area contributed by atoms with Crippen molar-refractivity contribution in [3.63, 3.8) is 0 Å². The molecule has 0 aliphatic carbocycles. The standard InChI is InChI=1S/C19H16N2O/c1-14-9-11-15(12-10-14)21-19(22)17-7-3-2-6-16(17)18-8-4-5-13-20-18/h2-13H,1H3,(H,21,22). The molecule has 3 nitrogen and oxygen atoms in total. The molecule has 2 aromatic carbocycles. The van der Waals surface area contributed by atoms with Crippen LogP contribution >= 0.6 is 0 Å². The van der Waals surface area contributed by atoms with E-state index >= 15 is 0 Å². The van der Waals surface area contributed by atoms with E-state index in [1.807, 2.05) is 73.7 Å². The number of amides is 1. The number of nitrogens with one attached hydrogen (secondary N) is 1. The Morgan fingerprint density at radius 1 is 0.909 bits per heavy atom. The van der Waals surface area contributed by atoms with Gasteiger partial charge >= 0.3 is 0 Å². The van der Waals surface area contributed by atoms with E-state index in [0.717, 1.165) is 22.5 Å². The first-order valence-corrected chi connectivity index (χ1v) is 7.12. The van der Waals surface area contributed by atoms with Crippen LogP contribution in [0.3, 0.4) is 0 Å². The van der Waals surface area contributed by atoms with E-state index in [1.54, 1.807) is 6.20 Å². The zero-order chi connectivity index (χ0) is 15.4. The van der Waals surface area contributed by atoms with Gasteiger partial charge in [0.25, 0.3) is 5.91 Å². The van der Waals surface area contributed by atoms with Crippen LogP contribution in [0, 0.1) is 6.92 Å². The Bertz CT molecular complexity index is 780. The van der Waals surface area contributed by atoms with Gasteiger partial charge in [0.15, 0.2) is 0 Å². The second-order valence-electron chi connectivity index (χ2n) is 5.08. The second-order valence-corrected chi connectivity index (χ2v) is 5.08. The highest BCUT2D eigenvalue weighted by atomic mass is 16.1. The fourth-order valence-corrected chi connectivity index (χ4v) is 2.26. The topological polar surface area (TPSA) is 42.0 Å². The van der Waals surface area contributed by atoms with Crippen molar-refractivity contribution >= 4 is 11.6 Å². The molecule has 1 N–H and O–H groups in total. The van der Waals surface area contributed by atoms with Gasteiger partial charge in [-0.1, -0.05) is 42.0 Å². The fourth-order valence-electron chi connectivity index (χ4n) is 2.26. The quantitative estimate of drug-likeness (QED) is 0.780. The number of hydrogen-bond acceptors (Lipinski definition) is 2. The van der Waals surface area contributed by atoms with Gasteiger partial charge in [-0.2, -0.15) is 0 Å². The van der Waals surface area contributed by atoms with Gasteiger partial charge in [-0.3, -0.25) is 9.78 Å². The Hall–Kier alpha value is -2.94. The number of aryl methyl sites for hydroxylation is 1. The minimum absolute atomic E-state index is 0.134. The van der Waals surface area contributed by atoms with Crippen LogP contribution in [0.25, 0.3) is 11.3 Å². The van der Waals surface area contributed by atoms with Gasteiger partial charge in [0.05, 0.1) is 5.69 Å². The lowest BCUT2D eigenvalue weighted by molar-refractivity contribution is 0.102. The molecule has 0 fully saturated rings. The van der Waals surface area contributed by atoms with E-state index in [0.29, 0.717) is 5.56 Å². The normalized spacial score (nSPS) is 10.2. The van der Waals surface area contributed by atoms with E-state index in [4.69, 9.17) is 0 Å². The van der Waals surface area contributed by atoms with Crippen molar-refractivity contribution in [1.82, 2.24) is 4.98 Å². The average molecular weight is 288 g/mol. The number of pyridine rings is 1. The van der Waals surface area contributed by atoms with Crippen LogP contribution in [0.1, 0.15) is 15.9 Å². The summed E-state index contributed by atoms with van der Waals surface area (Å²) < 4.78 is 0. The monoisotopic (exact) mass is 288 g/mol. The Balaban J connectivity index is 1.91. The third kappa shape index (κ3) is 3.04. The van der Waals surface area contributed by atoms with Crippen LogP contribution in [0.15, 0.2) is 72.9 Å². The number of carbonyl (C=O) groups excluding carboxylic acids is 1. The predicted octanol–water partition coefficient (Wildman–Crippen LogP) is 4.31. The van der Waals surface area contributed by atoms with Crippen molar-refractivity contribution < 1.29 is 4.79 Å². The predicted molar refractivity (Wildman–Crippen MR) is 88.8 cm³/mol. The summed E-state index contributed by atoms with van der Waals surface area (Å²) >= 11 is 0. The number of benzene rings is 2. The molecule has 22 heavy (non-hydrogen) atoms. The van der Waals surface area contributed by atoms with Gasteiger partial charge in [-0.25, -0.2) is 0 Å². The molecule has 0 aliphatic heterocycles. The molecule has 0 saturated carbocycles. The molecule has 1 aromatic heterocycles. The minimum atomic E-state index is -0.134. The van der Waals surface area contributed by atoms with Gasteiger partial charge in [0.1, 0.15) is 0 Å². The second kappa shape index (κ2) is 6.22. The maximum absolute atomic E-state index is 12.6. The molecule has 3 aromatic rings. The third-order valence-electron chi connectivity index (χ3n) is 3.42. The third-order valence-corrected chi connectivity index (χ3v) is 3.42. The summed E-state index contributed by atoms with van der Waals surface area (Å²) in [5, 5.41) is 2.93. The van der Waals surface area contributed by atoms with Crippen LogP contribution < -0.4 is 5.32 Å². The zero-order valence-electron chi connectivity index (χ0n) is 12.3. The summed E-state index contributed by atoms with van der Waals surface area (Å²) in [6, 6.07) is 20.9. The highest BCUT2D eigenvalue weighted by Crippen LogP contribution is 2.22. The first kappa shape index (κ1) is 14.0. The lowest BCUT2D eigenvalue weighted by Crippen LogP contribution is -2.13. The summed E-state index contributed by atoms with van der Waals surface area (Å²) in [6.07, 6.45) is 1.73. The smallest absolute Gasteiger partial charge is 0.256 e. The van der Waals surface area contributed by atoms with Crippen LogP contribution in [-0.2, 0) is 0 Å². The number of anilines is 1. The molecule has 0 radical (unpaired) electrons. The molecular formula is C19H16N2O. The molecule has 0 saturated heterocycles. The van der Waals surface area contributed by atoms with E-state index in [2.05, 4.69) is 10.3 Å². The van der Waals surface area contributed by atoms with E-state index in [1.165, 1.54) is 0 Å². The number of carbonyl (C=O) groups is 1. The number of hydrogen-bond donors (Lipinski definition) is 1. The molecule has 3 heteroatoms. The Kier molecular flexibility index (Phi) is 3.97. The molecule has 0 unspecified atom stereocenters. The molecule has 1 amide bonds. The van der Waals surface area contributed by atoms with Crippen LogP contribution in [0.5, 0.6) is 0 Å². The molecule has 0 aliphatic rings. The van der Waals surface area contributed by atoms with Crippen LogP contribution in [0.4, 0.5) is 5.69 Å². The van der Waals surface area contributed by atoms with E-state index in [-0.39, 0.29) is 5.91 Å². The Morgan fingerprint density at radius 3 is 2.36 bits per heavy atom. The van der Waals surface area contributed by atoms with E-state index < -0.39 is 0 Å². The molecule has 108 valence electrons. The summed E-state index contributed by atoms with van der Waals surface area (Å²) in [4.78, 5) is 16.9. The summed E-state index contributed by atoms with van der Waals surface area (Å²) in [7, 11) is 0. The van der Waals surface area contributed by atoms with Gasteiger partial charge in [-0.05, 0) is 37.3 Å². The van der Waals surface area contributed by atoms with Gasteiger partial charge in [0.2, 0.25) is 0 Å². The van der Waals surface area contributed by atoms with Gasteiger partial charge in [-0.15, -0.1) is 0 Å². The fraction of sp³-hybridized carbons (Fsp3) is 0.0526. The van der Waals surface area contributed by atoms with Crippen molar-refractivity contribution in [2.45, 2.75) is 6.92 Å². The lowest BCUT2D eigenvalue weighted by Gasteiger charge is -2.10. The van der Waals surface area contributed by atoms with Gasteiger partial charge in [0, 0.05) is 23.0 Å². The number of rotatable bonds is 3. The number of nitrogens with zero attached hydrogens (tertiary/aromatic N) is 1. The summed E-state index contributed by atoms with van der Waals surface area (Å²) in [5.41, 5.74) is 4.17. The van der Waals surface area contributed by atoms with Crippen molar-refractivity contribution in [1.29, 1.82) is 0 Å². The van der Waals surface area contributed by atoms with Crippen molar-refractivity contribution in [2.24, 2.45) is 0 Å². The molecule has 0 bridgehead atoms. The maximum atomic E-state index is 12.6. The Morgan fingerprint density at radius 2 is 1.64 bits per heavy atom. The van der Waals surface area contributed by atoms with Crippen LogP contribution in [-0.4, -0.2) is 10.9 Å². The highest BCUT2D eigenvalue weighted by molar-refractivity contribution is 6.08. The molecular weight excluding hydrogens is 272 g/mol. The minimum Gasteiger partial charge on any atom is -0.322 e. The largest absolute Gasteiger partial charge is 0.322 e. The highest BCUT2D eigenvalue weighted by Gasteiger charge is 2.13. The summed E-state index contributed by atoms with van der Waals surface area (Å²) in [6.45, 7) is 2.02. The molecule has 0 atom stereocenters. The van der Waals surface area contributed by atoms with Crippen molar-refractivity contribution in [3.8, 4) is 11.3 Å². The number of aromatic nitrogens is 1. The SMILES string of the molecule is Cc1ccc(NC(=O)c2ccccc2-c2ccccn2)cc1. The maximum Gasteiger partial charge on any atom is 0.256 e. The lowest BCUT2D eigenvalue weighted by atomic mass is 10.0. The van der Waals surface area contributed by atoms with Crippen molar-refractivity contribution in [3.05, 3.63) is 84.1 Å².